The van der Waals surface area contributed by atoms with Gasteiger partial charge >= 0.3 is 0 Å². The van der Waals surface area contributed by atoms with Crippen LogP contribution in [0.4, 0.5) is 0 Å². The molecule has 0 aromatic carbocycles. The fourth-order valence-corrected chi connectivity index (χ4v) is 3.69. The van der Waals surface area contributed by atoms with E-state index in [0.29, 0.717) is 0 Å². The fourth-order valence-electron chi connectivity index (χ4n) is 3.69. The Balaban J connectivity index is 1.79. The Hall–Kier alpha value is -0.800. The molecule has 2 atom stereocenters. The Morgan fingerprint density at radius 1 is 1.22 bits per heavy atom. The molecule has 0 saturated carbocycles. The maximum Gasteiger partial charge on any atom is 0.117 e. The minimum atomic E-state index is 0.190. The second-order valence-corrected chi connectivity index (χ2v) is 5.72. The average molecular weight is 249 g/mol. The van der Waals surface area contributed by atoms with Crippen LogP contribution in [0.3, 0.4) is 0 Å². The number of methoxy groups -OCH3 is 2. The number of piperidine rings is 3. The zero-order valence-electron chi connectivity index (χ0n) is 11.4. The maximum atomic E-state index is 5.51. The third-order valence-corrected chi connectivity index (χ3v) is 4.79. The van der Waals surface area contributed by atoms with Crippen LogP contribution in [0.15, 0.2) is 23.5 Å². The number of allylic oxidation sites excluding steroid dienone is 1. The number of hydrogen-bond acceptors (Lipinski definition) is 3. The molecule has 100 valence electrons. The molecule has 3 saturated heterocycles. The summed E-state index contributed by atoms with van der Waals surface area (Å²) in [6.07, 6.45) is 8.30. The first-order valence-electron chi connectivity index (χ1n) is 7.01. The summed E-state index contributed by atoms with van der Waals surface area (Å²) in [7, 11) is 3.53. The normalized spacial score (nSPS) is 39.2. The Bertz CT molecular complexity index is 367. The molecule has 4 rings (SSSR count). The molecule has 0 N–H and O–H groups in total. The van der Waals surface area contributed by atoms with E-state index in [0.717, 1.165) is 24.0 Å². The van der Waals surface area contributed by atoms with Crippen LogP contribution in [0.5, 0.6) is 0 Å². The highest BCUT2D eigenvalue weighted by molar-refractivity contribution is 5.29. The van der Waals surface area contributed by atoms with Crippen LogP contribution in [0.25, 0.3) is 0 Å². The summed E-state index contributed by atoms with van der Waals surface area (Å²) >= 11 is 0. The predicted molar refractivity (Wildman–Crippen MR) is 71.2 cm³/mol. The Kier molecular flexibility index (Phi) is 3.44. The van der Waals surface area contributed by atoms with E-state index in [1.165, 1.54) is 38.0 Å². The van der Waals surface area contributed by atoms with Crippen molar-refractivity contribution in [1.29, 1.82) is 0 Å². The van der Waals surface area contributed by atoms with Gasteiger partial charge in [-0.3, -0.25) is 0 Å². The monoisotopic (exact) mass is 249 g/mol. The molecule has 3 nitrogen and oxygen atoms in total. The van der Waals surface area contributed by atoms with Crippen LogP contribution >= 0.6 is 0 Å². The SMILES string of the molecule is COC1=CC(OC)CC(C2CN3CCC2CC3)=C1. The van der Waals surface area contributed by atoms with Crippen LogP contribution in [0.1, 0.15) is 19.3 Å². The Morgan fingerprint density at radius 2 is 2.00 bits per heavy atom. The fraction of sp³-hybridized carbons (Fsp3) is 0.733. The number of fused-ring (bicyclic) bond motifs is 3. The third-order valence-electron chi connectivity index (χ3n) is 4.79. The standard InChI is InChI=1S/C15H23NO2/c1-17-13-7-12(8-14(9-13)18-2)15-10-16-5-3-11(15)4-6-16/h7,9,11,14-15H,3-6,8,10H2,1-2H3. The van der Waals surface area contributed by atoms with Crippen molar-refractivity contribution in [2.24, 2.45) is 11.8 Å². The van der Waals surface area contributed by atoms with Crippen molar-refractivity contribution in [2.45, 2.75) is 25.4 Å². The van der Waals surface area contributed by atoms with E-state index < -0.39 is 0 Å². The quantitative estimate of drug-likeness (QED) is 0.765. The van der Waals surface area contributed by atoms with Gasteiger partial charge in [0.2, 0.25) is 0 Å². The highest BCUT2D eigenvalue weighted by atomic mass is 16.5. The summed E-state index contributed by atoms with van der Waals surface area (Å²) in [6.45, 7) is 3.84. The van der Waals surface area contributed by atoms with E-state index in [1.54, 1.807) is 14.2 Å². The van der Waals surface area contributed by atoms with Gasteiger partial charge in [-0.1, -0.05) is 5.57 Å². The number of rotatable bonds is 3. The van der Waals surface area contributed by atoms with Crippen molar-refractivity contribution < 1.29 is 9.47 Å². The summed E-state index contributed by atoms with van der Waals surface area (Å²) in [5.74, 6) is 2.58. The summed E-state index contributed by atoms with van der Waals surface area (Å²) in [5.41, 5.74) is 1.54. The molecule has 0 radical (unpaired) electrons. The number of nitrogens with zero attached hydrogens (tertiary/aromatic N) is 1. The van der Waals surface area contributed by atoms with Crippen molar-refractivity contribution >= 4 is 0 Å². The molecule has 3 heteroatoms. The Morgan fingerprint density at radius 3 is 2.56 bits per heavy atom. The lowest BCUT2D eigenvalue weighted by atomic mass is 9.73. The van der Waals surface area contributed by atoms with E-state index in [1.807, 2.05) is 0 Å². The van der Waals surface area contributed by atoms with Gasteiger partial charge in [-0.25, -0.2) is 0 Å². The van der Waals surface area contributed by atoms with Gasteiger partial charge < -0.3 is 14.4 Å². The lowest BCUT2D eigenvalue weighted by Gasteiger charge is -2.46. The first-order valence-corrected chi connectivity index (χ1v) is 7.01. The van der Waals surface area contributed by atoms with Gasteiger partial charge in [-0.2, -0.15) is 0 Å². The molecule has 3 aliphatic heterocycles. The molecular weight excluding hydrogens is 226 g/mol. The third kappa shape index (κ3) is 2.21. The van der Waals surface area contributed by atoms with Gasteiger partial charge in [-0.05, 0) is 56.3 Å². The second kappa shape index (κ2) is 5.06. The van der Waals surface area contributed by atoms with E-state index in [9.17, 15) is 0 Å². The molecular formula is C15H23NO2. The van der Waals surface area contributed by atoms with E-state index in [-0.39, 0.29) is 6.10 Å². The van der Waals surface area contributed by atoms with Crippen molar-refractivity contribution in [1.82, 2.24) is 4.90 Å². The molecule has 3 fully saturated rings. The first kappa shape index (κ1) is 12.2. The van der Waals surface area contributed by atoms with E-state index >= 15 is 0 Å². The molecule has 3 heterocycles. The first-order chi connectivity index (χ1) is 8.80. The molecule has 0 aromatic heterocycles. The van der Waals surface area contributed by atoms with Crippen LogP contribution in [-0.4, -0.2) is 44.9 Å². The van der Waals surface area contributed by atoms with Gasteiger partial charge in [-0.15, -0.1) is 0 Å². The van der Waals surface area contributed by atoms with Gasteiger partial charge in [0, 0.05) is 13.7 Å². The summed E-state index contributed by atoms with van der Waals surface area (Å²) < 4.78 is 10.9. The van der Waals surface area contributed by atoms with Crippen LogP contribution < -0.4 is 0 Å². The predicted octanol–water partition coefficient (Wildman–Crippen LogP) is 2.20. The lowest BCUT2D eigenvalue weighted by Crippen LogP contribution is -2.48. The minimum Gasteiger partial charge on any atom is -0.497 e. The lowest BCUT2D eigenvalue weighted by molar-refractivity contribution is 0.0597. The van der Waals surface area contributed by atoms with Crippen LogP contribution in [0.2, 0.25) is 0 Å². The van der Waals surface area contributed by atoms with Crippen molar-refractivity contribution in [3.8, 4) is 0 Å². The highest BCUT2D eigenvalue weighted by Crippen LogP contribution is 2.39. The van der Waals surface area contributed by atoms with Gasteiger partial charge in [0.25, 0.3) is 0 Å². The minimum absolute atomic E-state index is 0.190. The molecule has 2 unspecified atom stereocenters. The molecule has 18 heavy (non-hydrogen) atoms. The topological polar surface area (TPSA) is 21.7 Å². The van der Waals surface area contributed by atoms with E-state index in [4.69, 9.17) is 9.47 Å². The Labute approximate surface area is 109 Å². The number of hydrogen-bond donors (Lipinski definition) is 0. The number of ether oxygens (including phenoxy) is 2. The average Bonchev–Trinajstić information content (AvgIpc) is 2.47. The molecule has 1 aliphatic carbocycles. The summed E-state index contributed by atoms with van der Waals surface area (Å²) in [5, 5.41) is 0. The molecule has 2 bridgehead atoms. The summed E-state index contributed by atoms with van der Waals surface area (Å²) in [6, 6.07) is 0. The summed E-state index contributed by atoms with van der Waals surface area (Å²) in [4.78, 5) is 2.61. The molecule has 0 spiro atoms. The largest absolute Gasteiger partial charge is 0.497 e. The van der Waals surface area contributed by atoms with Crippen molar-refractivity contribution in [3.63, 3.8) is 0 Å². The van der Waals surface area contributed by atoms with Gasteiger partial charge in [0.15, 0.2) is 0 Å². The maximum absolute atomic E-state index is 5.51. The highest BCUT2D eigenvalue weighted by Gasteiger charge is 2.37. The smallest absolute Gasteiger partial charge is 0.117 e. The van der Waals surface area contributed by atoms with Crippen molar-refractivity contribution in [2.75, 3.05) is 33.9 Å². The molecule has 0 amide bonds. The molecule has 4 aliphatic rings. The van der Waals surface area contributed by atoms with Crippen LogP contribution in [0, 0.1) is 11.8 Å². The second-order valence-electron chi connectivity index (χ2n) is 5.72. The molecule has 0 aromatic rings. The van der Waals surface area contributed by atoms with Crippen molar-refractivity contribution in [3.05, 3.63) is 23.5 Å². The van der Waals surface area contributed by atoms with E-state index in [2.05, 4.69) is 17.1 Å². The van der Waals surface area contributed by atoms with Gasteiger partial charge in [0.05, 0.1) is 13.2 Å². The zero-order chi connectivity index (χ0) is 12.5. The van der Waals surface area contributed by atoms with Gasteiger partial charge in [0.1, 0.15) is 5.76 Å². The zero-order valence-corrected chi connectivity index (χ0v) is 11.4. The van der Waals surface area contributed by atoms with Crippen LogP contribution in [-0.2, 0) is 9.47 Å².